The number of hydrogen-bond donors (Lipinski definition) is 0. The van der Waals surface area contributed by atoms with Gasteiger partial charge in [0, 0.05) is 13.1 Å². The highest BCUT2D eigenvalue weighted by molar-refractivity contribution is 5.86. The number of hydrogen-bond acceptors (Lipinski definition) is 5. The van der Waals surface area contributed by atoms with Gasteiger partial charge in [0.2, 0.25) is 0 Å². The summed E-state index contributed by atoms with van der Waals surface area (Å²) in [7, 11) is 3.31. The molecule has 1 heterocycles. The molecule has 1 aromatic heterocycles. The molecule has 0 aliphatic carbocycles. The fourth-order valence-corrected chi connectivity index (χ4v) is 1.74. The van der Waals surface area contributed by atoms with E-state index in [-0.39, 0.29) is 5.69 Å². The van der Waals surface area contributed by atoms with E-state index < -0.39 is 5.97 Å². The smallest absolute Gasteiger partial charge is 0.358 e. The number of methoxy groups -OCH3 is 1. The second-order valence-electron chi connectivity index (χ2n) is 3.83. The Morgan fingerprint density at radius 3 is 2.41 bits per heavy atom. The third-order valence-electron chi connectivity index (χ3n) is 2.88. The average Bonchev–Trinajstić information content (AvgIpc) is 2.39. The van der Waals surface area contributed by atoms with Crippen LogP contribution in [0.25, 0.3) is 0 Å². The summed E-state index contributed by atoms with van der Waals surface area (Å²) in [5.41, 5.74) is 0.231. The van der Waals surface area contributed by atoms with Crippen molar-refractivity contribution >= 4 is 11.8 Å². The Balaban J connectivity index is 2.83. The first kappa shape index (κ1) is 13.4. The predicted molar refractivity (Wildman–Crippen MR) is 66.1 cm³/mol. The molecule has 1 aromatic rings. The van der Waals surface area contributed by atoms with Crippen molar-refractivity contribution in [2.75, 3.05) is 19.1 Å². The van der Waals surface area contributed by atoms with Gasteiger partial charge in [-0.15, -0.1) is 0 Å². The first-order valence-corrected chi connectivity index (χ1v) is 5.77. The summed E-state index contributed by atoms with van der Waals surface area (Å²) in [5.74, 6) is 0.306. The van der Waals surface area contributed by atoms with Crippen molar-refractivity contribution in [2.45, 2.75) is 32.7 Å². The van der Waals surface area contributed by atoms with Crippen LogP contribution in [-0.4, -0.2) is 36.1 Å². The van der Waals surface area contributed by atoms with E-state index in [0.29, 0.717) is 6.04 Å². The van der Waals surface area contributed by atoms with Gasteiger partial charge in [0.15, 0.2) is 5.69 Å². The zero-order valence-electron chi connectivity index (χ0n) is 10.8. The third-order valence-corrected chi connectivity index (χ3v) is 2.88. The number of nitrogens with zero attached hydrogens (tertiary/aromatic N) is 3. The van der Waals surface area contributed by atoms with E-state index in [1.807, 2.05) is 7.05 Å². The normalized spacial score (nSPS) is 10.4. The molecule has 1 rings (SSSR count). The van der Waals surface area contributed by atoms with Crippen molar-refractivity contribution in [3.63, 3.8) is 0 Å². The Labute approximate surface area is 102 Å². The van der Waals surface area contributed by atoms with Crippen LogP contribution in [0.2, 0.25) is 0 Å². The Kier molecular flexibility index (Phi) is 4.87. The molecule has 0 atom stereocenters. The van der Waals surface area contributed by atoms with Gasteiger partial charge >= 0.3 is 5.97 Å². The lowest BCUT2D eigenvalue weighted by Crippen LogP contribution is -2.31. The lowest BCUT2D eigenvalue weighted by Gasteiger charge is -2.26. The lowest BCUT2D eigenvalue weighted by atomic mass is 10.1. The summed E-state index contributed by atoms with van der Waals surface area (Å²) in [6.07, 6.45) is 5.14. The van der Waals surface area contributed by atoms with Crippen LogP contribution in [0.15, 0.2) is 12.4 Å². The second-order valence-corrected chi connectivity index (χ2v) is 3.83. The molecule has 17 heavy (non-hydrogen) atoms. The minimum absolute atomic E-state index is 0.231. The van der Waals surface area contributed by atoms with Crippen LogP contribution in [0, 0.1) is 0 Å². The molecule has 0 spiro atoms. The van der Waals surface area contributed by atoms with E-state index in [1.54, 1.807) is 6.20 Å². The number of aromatic nitrogens is 2. The molecule has 0 aliphatic rings. The van der Waals surface area contributed by atoms with Crippen molar-refractivity contribution < 1.29 is 9.53 Å². The molecular formula is C12H19N3O2. The molecule has 0 bridgehead atoms. The fraction of sp³-hybridized carbons (Fsp3) is 0.583. The number of carbonyl (C=O) groups is 1. The molecule has 0 N–H and O–H groups in total. The Morgan fingerprint density at radius 1 is 1.35 bits per heavy atom. The maximum atomic E-state index is 11.2. The van der Waals surface area contributed by atoms with E-state index >= 15 is 0 Å². The van der Waals surface area contributed by atoms with Crippen molar-refractivity contribution in [3.8, 4) is 0 Å². The number of carbonyl (C=O) groups excluding carboxylic acids is 1. The predicted octanol–water partition coefficient (Wildman–Crippen LogP) is 1.89. The van der Waals surface area contributed by atoms with E-state index in [1.165, 1.54) is 13.3 Å². The molecule has 94 valence electrons. The van der Waals surface area contributed by atoms with Gasteiger partial charge in [0.05, 0.1) is 19.5 Å². The lowest BCUT2D eigenvalue weighted by molar-refractivity contribution is 0.0593. The van der Waals surface area contributed by atoms with Gasteiger partial charge in [-0.25, -0.2) is 14.8 Å². The maximum Gasteiger partial charge on any atom is 0.358 e. The quantitative estimate of drug-likeness (QED) is 0.732. The first-order chi connectivity index (χ1) is 8.13. The van der Waals surface area contributed by atoms with Gasteiger partial charge in [-0.3, -0.25) is 0 Å². The zero-order chi connectivity index (χ0) is 12.8. The van der Waals surface area contributed by atoms with Crippen LogP contribution >= 0.6 is 0 Å². The fourth-order valence-electron chi connectivity index (χ4n) is 1.74. The van der Waals surface area contributed by atoms with Crippen LogP contribution in [0.1, 0.15) is 37.2 Å². The van der Waals surface area contributed by atoms with Crippen LogP contribution in [-0.2, 0) is 4.74 Å². The van der Waals surface area contributed by atoms with E-state index in [4.69, 9.17) is 0 Å². The molecule has 0 saturated heterocycles. The van der Waals surface area contributed by atoms with Crippen molar-refractivity contribution in [2.24, 2.45) is 0 Å². The maximum absolute atomic E-state index is 11.2. The minimum atomic E-state index is -0.464. The van der Waals surface area contributed by atoms with E-state index in [2.05, 4.69) is 33.5 Å². The Hall–Kier alpha value is -1.65. The topological polar surface area (TPSA) is 55.3 Å². The Morgan fingerprint density at radius 2 is 2.00 bits per heavy atom. The number of rotatable bonds is 5. The monoisotopic (exact) mass is 237 g/mol. The highest BCUT2D eigenvalue weighted by Crippen LogP contribution is 2.14. The van der Waals surface area contributed by atoms with Gasteiger partial charge < -0.3 is 9.64 Å². The molecule has 5 nitrogen and oxygen atoms in total. The number of esters is 1. The minimum Gasteiger partial charge on any atom is -0.464 e. The molecular weight excluding hydrogens is 218 g/mol. The molecule has 0 unspecified atom stereocenters. The van der Waals surface area contributed by atoms with Gasteiger partial charge in [-0.05, 0) is 12.8 Å². The molecule has 5 heteroatoms. The summed E-state index contributed by atoms with van der Waals surface area (Å²) in [4.78, 5) is 21.5. The van der Waals surface area contributed by atoms with Gasteiger partial charge in [0.25, 0.3) is 0 Å². The summed E-state index contributed by atoms with van der Waals surface area (Å²) >= 11 is 0. The third kappa shape index (κ3) is 3.15. The molecule has 0 aromatic carbocycles. The van der Waals surface area contributed by atoms with Crippen LogP contribution in [0.3, 0.4) is 0 Å². The van der Waals surface area contributed by atoms with Crippen LogP contribution < -0.4 is 4.90 Å². The standard InChI is InChI=1S/C12H19N3O2/c1-5-9(6-2)15(3)11-8-13-10(7-14-11)12(16)17-4/h7-9H,5-6H2,1-4H3. The molecule has 0 radical (unpaired) electrons. The number of anilines is 1. The number of ether oxygens (including phenoxy) is 1. The first-order valence-electron chi connectivity index (χ1n) is 5.77. The van der Waals surface area contributed by atoms with Crippen molar-refractivity contribution in [1.29, 1.82) is 0 Å². The van der Waals surface area contributed by atoms with Crippen molar-refractivity contribution in [3.05, 3.63) is 18.1 Å². The Bertz CT molecular complexity index is 361. The van der Waals surface area contributed by atoms with Crippen LogP contribution in [0.5, 0.6) is 0 Å². The highest BCUT2D eigenvalue weighted by Gasteiger charge is 2.14. The van der Waals surface area contributed by atoms with Crippen LogP contribution in [0.4, 0.5) is 5.82 Å². The van der Waals surface area contributed by atoms with Gasteiger partial charge in [0.1, 0.15) is 5.82 Å². The second kappa shape index (κ2) is 6.18. The SMILES string of the molecule is CCC(CC)N(C)c1cnc(C(=O)OC)cn1. The average molecular weight is 237 g/mol. The largest absolute Gasteiger partial charge is 0.464 e. The molecule has 0 fully saturated rings. The van der Waals surface area contributed by atoms with Gasteiger partial charge in [-0.2, -0.15) is 0 Å². The summed E-state index contributed by atoms with van der Waals surface area (Å²) in [5, 5.41) is 0. The highest BCUT2D eigenvalue weighted by atomic mass is 16.5. The summed E-state index contributed by atoms with van der Waals surface area (Å²) in [6.45, 7) is 4.28. The van der Waals surface area contributed by atoms with E-state index in [9.17, 15) is 4.79 Å². The summed E-state index contributed by atoms with van der Waals surface area (Å²) < 4.78 is 4.57. The zero-order valence-corrected chi connectivity index (χ0v) is 10.8. The molecule has 0 saturated carbocycles. The van der Waals surface area contributed by atoms with E-state index in [0.717, 1.165) is 18.7 Å². The van der Waals surface area contributed by atoms with Crippen molar-refractivity contribution in [1.82, 2.24) is 9.97 Å². The molecule has 0 aliphatic heterocycles. The van der Waals surface area contributed by atoms with Gasteiger partial charge in [-0.1, -0.05) is 13.8 Å². The molecule has 0 amide bonds. The summed E-state index contributed by atoms with van der Waals surface area (Å²) in [6, 6.07) is 0.438.